The molecule has 0 saturated carbocycles. The number of nitrogens with zero attached hydrogens (tertiary/aromatic N) is 2. The lowest BCUT2D eigenvalue weighted by Crippen LogP contribution is -1.94. The highest BCUT2D eigenvalue weighted by molar-refractivity contribution is 5.75. The first-order valence-corrected chi connectivity index (χ1v) is 4.55. The molecule has 0 bridgehead atoms. The number of fused-ring (bicyclic) bond motifs is 1. The fourth-order valence-corrected chi connectivity index (χ4v) is 1.20. The number of terminal acetylenes is 2. The Morgan fingerprint density at radius 3 is 1.56 bits per heavy atom. The van der Waals surface area contributed by atoms with Crippen LogP contribution in [0.2, 0.25) is 0 Å². The van der Waals surface area contributed by atoms with Crippen molar-refractivity contribution < 1.29 is 0 Å². The molecule has 0 radical (unpaired) electrons. The minimum atomic E-state index is 0.422. The van der Waals surface area contributed by atoms with Gasteiger partial charge in [0.15, 0.2) is 0 Å². The molecule has 2 rings (SSSR count). The zero-order chi connectivity index (χ0) is 12.0. The zero-order valence-electron chi connectivity index (χ0n) is 8.77. The maximum Gasteiger partial charge on any atom is 0.147 e. The van der Waals surface area contributed by atoms with Crippen LogP contribution < -0.4 is 0 Å². The first-order valence-electron chi connectivity index (χ1n) is 4.55. The SMILES string of the molecule is C#Cc1nc2ccccc2nc1C#C.C=C. The van der Waals surface area contributed by atoms with E-state index < -0.39 is 0 Å². The van der Waals surface area contributed by atoms with Crippen LogP contribution in [0, 0.1) is 24.7 Å². The average molecular weight is 206 g/mol. The van der Waals surface area contributed by atoms with E-state index in [1.165, 1.54) is 0 Å². The van der Waals surface area contributed by atoms with Crippen LogP contribution >= 0.6 is 0 Å². The van der Waals surface area contributed by atoms with Gasteiger partial charge in [-0.25, -0.2) is 9.97 Å². The molecule has 2 aromatic rings. The molecule has 0 aliphatic rings. The second-order valence-corrected chi connectivity index (χ2v) is 2.70. The Morgan fingerprint density at radius 1 is 0.875 bits per heavy atom. The fourth-order valence-electron chi connectivity index (χ4n) is 1.20. The summed E-state index contributed by atoms with van der Waals surface area (Å²) in [6.07, 6.45) is 10.5. The van der Waals surface area contributed by atoms with E-state index >= 15 is 0 Å². The van der Waals surface area contributed by atoms with E-state index in [1.807, 2.05) is 24.3 Å². The van der Waals surface area contributed by atoms with Gasteiger partial charge in [-0.1, -0.05) is 12.1 Å². The predicted octanol–water partition coefficient (Wildman–Crippen LogP) is 2.39. The van der Waals surface area contributed by atoms with E-state index in [-0.39, 0.29) is 0 Å². The number of hydrogen-bond acceptors (Lipinski definition) is 2. The van der Waals surface area contributed by atoms with E-state index in [4.69, 9.17) is 12.8 Å². The van der Waals surface area contributed by atoms with Crippen LogP contribution in [0.1, 0.15) is 11.4 Å². The Kier molecular flexibility index (Phi) is 3.83. The van der Waals surface area contributed by atoms with Crippen LogP contribution in [0.3, 0.4) is 0 Å². The number of hydrogen-bond donors (Lipinski definition) is 0. The summed E-state index contributed by atoms with van der Waals surface area (Å²) in [5.74, 6) is 4.85. The van der Waals surface area contributed by atoms with Gasteiger partial charge in [0, 0.05) is 0 Å². The Hall–Kier alpha value is -2.58. The van der Waals surface area contributed by atoms with E-state index in [9.17, 15) is 0 Å². The molecule has 0 spiro atoms. The van der Waals surface area contributed by atoms with Gasteiger partial charge in [0.25, 0.3) is 0 Å². The van der Waals surface area contributed by atoms with Gasteiger partial charge >= 0.3 is 0 Å². The number of para-hydroxylation sites is 2. The third-order valence-electron chi connectivity index (χ3n) is 1.84. The molecule has 76 valence electrons. The molecule has 0 N–H and O–H groups in total. The summed E-state index contributed by atoms with van der Waals surface area (Å²) < 4.78 is 0. The van der Waals surface area contributed by atoms with Crippen LogP contribution in [0.15, 0.2) is 37.4 Å². The van der Waals surface area contributed by atoms with Crippen LogP contribution in [0.5, 0.6) is 0 Å². The topological polar surface area (TPSA) is 25.8 Å². The smallest absolute Gasteiger partial charge is 0.147 e. The Morgan fingerprint density at radius 2 is 1.25 bits per heavy atom. The second-order valence-electron chi connectivity index (χ2n) is 2.70. The van der Waals surface area contributed by atoms with Gasteiger partial charge in [0.1, 0.15) is 11.4 Å². The van der Waals surface area contributed by atoms with E-state index in [0.29, 0.717) is 11.4 Å². The maximum absolute atomic E-state index is 5.27. The van der Waals surface area contributed by atoms with Gasteiger partial charge in [-0.15, -0.1) is 26.0 Å². The van der Waals surface area contributed by atoms with Crippen molar-refractivity contribution in [2.24, 2.45) is 0 Å². The summed E-state index contributed by atoms with van der Waals surface area (Å²) in [5.41, 5.74) is 2.37. The number of rotatable bonds is 0. The molecule has 0 amide bonds. The van der Waals surface area contributed by atoms with Gasteiger partial charge in [-0.05, 0) is 24.0 Å². The van der Waals surface area contributed by atoms with Crippen molar-refractivity contribution in [2.45, 2.75) is 0 Å². The summed E-state index contributed by atoms with van der Waals surface area (Å²) in [5, 5.41) is 0. The monoisotopic (exact) mass is 206 g/mol. The molecule has 16 heavy (non-hydrogen) atoms. The molecule has 2 heteroatoms. The minimum absolute atomic E-state index is 0.422. The van der Waals surface area contributed by atoms with Crippen LogP contribution in [0.25, 0.3) is 11.0 Å². The van der Waals surface area contributed by atoms with Crippen LogP contribution in [0.4, 0.5) is 0 Å². The van der Waals surface area contributed by atoms with Crippen molar-refractivity contribution in [3.63, 3.8) is 0 Å². The van der Waals surface area contributed by atoms with Gasteiger partial charge in [-0.3, -0.25) is 0 Å². The number of benzene rings is 1. The first kappa shape index (κ1) is 11.5. The summed E-state index contributed by atoms with van der Waals surface area (Å²) in [6.45, 7) is 6.00. The van der Waals surface area contributed by atoms with Crippen molar-refractivity contribution >= 4 is 11.0 Å². The highest BCUT2D eigenvalue weighted by Gasteiger charge is 2.02. The van der Waals surface area contributed by atoms with Crippen LogP contribution in [-0.2, 0) is 0 Å². The fraction of sp³-hybridized carbons (Fsp3) is 0. The molecule has 0 unspecified atom stereocenters. The lowest BCUT2D eigenvalue weighted by atomic mass is 10.2. The molecular weight excluding hydrogens is 196 g/mol. The molecule has 2 nitrogen and oxygen atoms in total. The molecule has 1 heterocycles. The normalized spacial score (nSPS) is 8.38. The summed E-state index contributed by atoms with van der Waals surface area (Å²) in [6, 6.07) is 7.46. The van der Waals surface area contributed by atoms with Crippen molar-refractivity contribution in [2.75, 3.05) is 0 Å². The zero-order valence-corrected chi connectivity index (χ0v) is 8.77. The second kappa shape index (κ2) is 5.34. The Bertz CT molecular complexity index is 533. The van der Waals surface area contributed by atoms with Gasteiger partial charge in [0.05, 0.1) is 11.0 Å². The van der Waals surface area contributed by atoms with E-state index in [0.717, 1.165) is 11.0 Å². The predicted molar refractivity (Wildman–Crippen MR) is 66.7 cm³/mol. The molecule has 0 atom stereocenters. The Labute approximate surface area is 95.1 Å². The van der Waals surface area contributed by atoms with E-state index in [2.05, 4.69) is 35.0 Å². The molecule has 1 aromatic carbocycles. The largest absolute Gasteiger partial charge is 0.235 e. The average Bonchev–Trinajstić information content (AvgIpc) is 2.39. The summed E-state index contributed by atoms with van der Waals surface area (Å²) in [4.78, 5) is 8.45. The quantitative estimate of drug-likeness (QED) is 0.488. The summed E-state index contributed by atoms with van der Waals surface area (Å²) in [7, 11) is 0. The highest BCUT2D eigenvalue weighted by atomic mass is 14.8. The van der Waals surface area contributed by atoms with Crippen molar-refractivity contribution in [3.8, 4) is 24.7 Å². The molecular formula is C14H10N2. The molecule has 0 saturated heterocycles. The number of aromatic nitrogens is 2. The van der Waals surface area contributed by atoms with Crippen molar-refractivity contribution in [3.05, 3.63) is 48.8 Å². The third-order valence-corrected chi connectivity index (χ3v) is 1.84. The van der Waals surface area contributed by atoms with Gasteiger partial charge < -0.3 is 0 Å². The van der Waals surface area contributed by atoms with Crippen LogP contribution in [-0.4, -0.2) is 9.97 Å². The first-order chi connectivity index (χ1) is 7.85. The van der Waals surface area contributed by atoms with Crippen molar-refractivity contribution in [1.29, 1.82) is 0 Å². The molecule has 0 aliphatic carbocycles. The molecule has 0 fully saturated rings. The molecule has 0 aliphatic heterocycles. The van der Waals surface area contributed by atoms with Crippen molar-refractivity contribution in [1.82, 2.24) is 9.97 Å². The minimum Gasteiger partial charge on any atom is -0.235 e. The van der Waals surface area contributed by atoms with Gasteiger partial charge in [0.2, 0.25) is 0 Å². The Balaban J connectivity index is 0.000000606. The highest BCUT2D eigenvalue weighted by Crippen LogP contribution is 2.11. The lowest BCUT2D eigenvalue weighted by molar-refractivity contribution is 1.23. The van der Waals surface area contributed by atoms with E-state index in [1.54, 1.807) is 0 Å². The maximum atomic E-state index is 5.27. The molecule has 1 aromatic heterocycles. The van der Waals surface area contributed by atoms with Gasteiger partial charge in [-0.2, -0.15) is 0 Å². The lowest BCUT2D eigenvalue weighted by Gasteiger charge is -1.99. The third kappa shape index (κ3) is 2.08. The standard InChI is InChI=1S/C12H6N2.C2H4/c1-3-9-10(4-2)14-12-8-6-5-7-11(12)13-9;1-2/h1-2,5-8H;1-2H2. The summed E-state index contributed by atoms with van der Waals surface area (Å²) >= 11 is 0.